The number of ether oxygens (including phenoxy) is 2. The van der Waals surface area contributed by atoms with E-state index in [1.54, 1.807) is 15.9 Å². The maximum Gasteiger partial charge on any atom is 0.313 e. The number of carbonyl (C=O) groups is 3. The number of amides is 2. The predicted molar refractivity (Wildman–Crippen MR) is 149 cm³/mol. The molecule has 0 radical (unpaired) electrons. The predicted octanol–water partition coefficient (Wildman–Crippen LogP) is 3.87. The lowest BCUT2D eigenvalue weighted by Crippen LogP contribution is -2.56. The molecule has 2 bridgehead atoms. The van der Waals surface area contributed by atoms with Gasteiger partial charge in [-0.2, -0.15) is 0 Å². The van der Waals surface area contributed by atoms with Crippen molar-refractivity contribution in [2.45, 2.75) is 76.5 Å². The number of esters is 1. The Morgan fingerprint density at radius 1 is 1.18 bits per heavy atom. The molecular weight excluding hydrogens is 496 g/mol. The molecule has 2 amide bonds. The second kappa shape index (κ2) is 11.6. The number of unbranched alkanes of at least 4 members (excludes halogenated alkanes) is 3. The van der Waals surface area contributed by atoms with Gasteiger partial charge in [0.2, 0.25) is 5.91 Å². The Morgan fingerprint density at radius 3 is 2.62 bits per heavy atom. The smallest absolute Gasteiger partial charge is 0.313 e. The highest BCUT2D eigenvalue weighted by molar-refractivity contribution is 6.05. The first-order valence-electron chi connectivity index (χ1n) is 14.0. The molecule has 8 heteroatoms. The van der Waals surface area contributed by atoms with Crippen LogP contribution in [0.15, 0.2) is 43.5 Å². The molecule has 0 aliphatic carbocycles. The first-order valence-corrected chi connectivity index (χ1v) is 14.0. The van der Waals surface area contributed by atoms with Crippen LogP contribution in [0.2, 0.25) is 0 Å². The number of hydrogen-bond acceptors (Lipinski definition) is 6. The van der Waals surface area contributed by atoms with Crippen molar-refractivity contribution in [1.82, 2.24) is 4.90 Å². The van der Waals surface area contributed by atoms with Gasteiger partial charge in [0.05, 0.1) is 11.5 Å². The average Bonchev–Trinajstić information content (AvgIpc) is 3.47. The summed E-state index contributed by atoms with van der Waals surface area (Å²) in [5.74, 6) is -2.50. The van der Waals surface area contributed by atoms with Crippen LogP contribution in [0.25, 0.3) is 0 Å². The lowest BCUT2D eigenvalue weighted by atomic mass is 9.66. The SMILES string of the molecule is C=CCOC(=O)[C@H]1[C@H]2C(=O)N(CCCCCCO)C(C(=O)N(CC=C)c3cc(C)ccc3C)C23CC[C@]1(C)O3. The second-order valence-corrected chi connectivity index (χ2v) is 11.3. The zero-order valence-corrected chi connectivity index (χ0v) is 23.5. The molecule has 2 unspecified atom stereocenters. The van der Waals surface area contributed by atoms with Crippen LogP contribution in [0.5, 0.6) is 0 Å². The number of anilines is 1. The van der Waals surface area contributed by atoms with E-state index < -0.39 is 35.0 Å². The van der Waals surface area contributed by atoms with Gasteiger partial charge in [-0.3, -0.25) is 14.4 Å². The van der Waals surface area contributed by atoms with Crippen molar-refractivity contribution in [2.75, 3.05) is 31.2 Å². The van der Waals surface area contributed by atoms with Gasteiger partial charge in [0.25, 0.3) is 5.91 Å². The Balaban J connectivity index is 1.75. The molecule has 3 heterocycles. The van der Waals surface area contributed by atoms with E-state index in [4.69, 9.17) is 14.6 Å². The fourth-order valence-corrected chi connectivity index (χ4v) is 6.88. The lowest BCUT2D eigenvalue weighted by Gasteiger charge is -2.37. The molecule has 0 saturated carbocycles. The first kappa shape index (κ1) is 29.0. The van der Waals surface area contributed by atoms with Crippen LogP contribution in [0.1, 0.15) is 56.6 Å². The van der Waals surface area contributed by atoms with Gasteiger partial charge >= 0.3 is 5.97 Å². The highest BCUT2D eigenvalue weighted by atomic mass is 16.6. The Bertz CT molecular complexity index is 1130. The van der Waals surface area contributed by atoms with Crippen LogP contribution >= 0.6 is 0 Å². The van der Waals surface area contributed by atoms with E-state index in [1.165, 1.54) is 6.08 Å². The number of aryl methyl sites for hydroxylation is 2. The minimum Gasteiger partial charge on any atom is -0.461 e. The van der Waals surface area contributed by atoms with Crippen LogP contribution in [-0.2, 0) is 23.9 Å². The molecular formula is C31H42N2O6. The van der Waals surface area contributed by atoms with E-state index in [1.807, 2.05) is 39.0 Å². The Labute approximate surface area is 231 Å². The van der Waals surface area contributed by atoms with Crippen LogP contribution in [-0.4, -0.2) is 71.3 Å². The number of aliphatic hydroxyl groups excluding tert-OH is 1. The monoisotopic (exact) mass is 538 g/mol. The molecule has 3 fully saturated rings. The molecule has 1 aromatic carbocycles. The van der Waals surface area contributed by atoms with Gasteiger partial charge in [0.1, 0.15) is 24.2 Å². The number of carbonyl (C=O) groups excluding carboxylic acids is 3. The van der Waals surface area contributed by atoms with Crippen molar-refractivity contribution in [1.29, 1.82) is 0 Å². The molecule has 1 aromatic rings. The molecule has 1 N–H and O–H groups in total. The van der Waals surface area contributed by atoms with Crippen molar-refractivity contribution >= 4 is 23.5 Å². The summed E-state index contributed by atoms with van der Waals surface area (Å²) in [5.41, 5.74) is 0.748. The molecule has 0 aromatic heterocycles. The topological polar surface area (TPSA) is 96.4 Å². The van der Waals surface area contributed by atoms with E-state index in [9.17, 15) is 14.4 Å². The van der Waals surface area contributed by atoms with Gasteiger partial charge in [-0.15, -0.1) is 6.58 Å². The minimum absolute atomic E-state index is 0.0516. The highest BCUT2D eigenvalue weighted by Gasteiger charge is 2.78. The number of fused-ring (bicyclic) bond motifs is 1. The van der Waals surface area contributed by atoms with Crippen molar-refractivity contribution in [3.8, 4) is 0 Å². The number of nitrogens with zero attached hydrogens (tertiary/aromatic N) is 2. The van der Waals surface area contributed by atoms with Crippen LogP contribution in [0.4, 0.5) is 5.69 Å². The number of aliphatic hydroxyl groups is 1. The van der Waals surface area contributed by atoms with Gasteiger partial charge in [-0.1, -0.05) is 43.7 Å². The Kier molecular flexibility index (Phi) is 8.66. The van der Waals surface area contributed by atoms with Gasteiger partial charge in [0.15, 0.2) is 0 Å². The zero-order chi connectivity index (χ0) is 28.4. The molecule has 4 rings (SSSR count). The summed E-state index contributed by atoms with van der Waals surface area (Å²) in [7, 11) is 0. The minimum atomic E-state index is -1.11. The van der Waals surface area contributed by atoms with Crippen LogP contribution < -0.4 is 4.90 Å². The van der Waals surface area contributed by atoms with Crippen LogP contribution in [0, 0.1) is 25.7 Å². The van der Waals surface area contributed by atoms with Crippen molar-refractivity contribution in [3.05, 3.63) is 54.6 Å². The third-order valence-electron chi connectivity index (χ3n) is 8.65. The van der Waals surface area contributed by atoms with Crippen molar-refractivity contribution in [3.63, 3.8) is 0 Å². The second-order valence-electron chi connectivity index (χ2n) is 11.3. The molecule has 3 aliphatic heterocycles. The fourth-order valence-electron chi connectivity index (χ4n) is 6.88. The van der Waals surface area contributed by atoms with Gasteiger partial charge < -0.3 is 24.4 Å². The molecule has 8 nitrogen and oxygen atoms in total. The third-order valence-corrected chi connectivity index (χ3v) is 8.65. The highest BCUT2D eigenvalue weighted by Crippen LogP contribution is 2.63. The zero-order valence-electron chi connectivity index (χ0n) is 23.5. The van der Waals surface area contributed by atoms with Gasteiger partial charge in [0, 0.05) is 25.4 Å². The summed E-state index contributed by atoms with van der Waals surface area (Å²) in [6, 6.07) is 5.10. The fraction of sp³-hybridized carbons (Fsp3) is 0.581. The summed E-state index contributed by atoms with van der Waals surface area (Å²) in [6.45, 7) is 14.2. The van der Waals surface area contributed by atoms with E-state index in [2.05, 4.69) is 13.2 Å². The maximum atomic E-state index is 14.6. The first-order chi connectivity index (χ1) is 18.6. The van der Waals surface area contributed by atoms with E-state index in [0.29, 0.717) is 32.2 Å². The molecule has 3 aliphatic rings. The molecule has 3 saturated heterocycles. The molecule has 1 spiro atoms. The normalized spacial score (nSPS) is 28.9. The molecule has 212 valence electrons. The summed E-state index contributed by atoms with van der Waals surface area (Å²) in [5, 5.41) is 9.15. The van der Waals surface area contributed by atoms with Gasteiger partial charge in [-0.05, 0) is 63.6 Å². The number of likely N-dealkylation sites (tertiary alicyclic amines) is 1. The molecule has 39 heavy (non-hydrogen) atoms. The average molecular weight is 539 g/mol. The number of rotatable bonds is 13. The summed E-state index contributed by atoms with van der Waals surface area (Å²) in [6.07, 6.45) is 7.30. The van der Waals surface area contributed by atoms with Crippen molar-refractivity contribution < 1.29 is 29.0 Å². The van der Waals surface area contributed by atoms with E-state index in [0.717, 1.165) is 29.7 Å². The Hall–Kier alpha value is -2.97. The summed E-state index contributed by atoms with van der Waals surface area (Å²) >= 11 is 0. The maximum absolute atomic E-state index is 14.6. The van der Waals surface area contributed by atoms with E-state index in [-0.39, 0.29) is 31.6 Å². The number of hydrogen-bond donors (Lipinski definition) is 1. The summed E-state index contributed by atoms with van der Waals surface area (Å²) in [4.78, 5) is 45.4. The third kappa shape index (κ3) is 5.05. The molecule has 5 atom stereocenters. The summed E-state index contributed by atoms with van der Waals surface area (Å²) < 4.78 is 12.1. The quantitative estimate of drug-likeness (QED) is 0.233. The van der Waals surface area contributed by atoms with Gasteiger partial charge in [-0.25, -0.2) is 0 Å². The standard InChI is InChI=1S/C31H42N2O6/c1-6-16-32(23-20-21(3)12-13-22(23)4)28(36)26-31-15-14-30(5,39-31)25(29(37)38-19-7-2)24(31)27(35)33(26)17-10-8-9-11-18-34/h6-7,12-13,20,24-26,34H,1-2,8-11,14-19H2,3-5H3/t24-,25+,26?,30-,31?/m0/s1. The Morgan fingerprint density at radius 2 is 1.92 bits per heavy atom. The lowest BCUT2D eigenvalue weighted by molar-refractivity contribution is -0.158. The van der Waals surface area contributed by atoms with Crippen molar-refractivity contribution in [2.24, 2.45) is 11.8 Å². The number of benzene rings is 1. The van der Waals surface area contributed by atoms with E-state index >= 15 is 0 Å². The van der Waals surface area contributed by atoms with Crippen LogP contribution in [0.3, 0.4) is 0 Å². The largest absolute Gasteiger partial charge is 0.461 e.